The molecule has 4 heteroatoms. The number of benzene rings is 1. The fraction of sp³-hybridized carbons (Fsp3) is 0.429. The standard InChI is InChI=1S/C14H17ClN2O/c1-8-12(14(7-16)5-6-14)11-9(15)3-4-10(18-2)13(11)17-8/h3-4,17H,5-7,16H2,1-2H3. The van der Waals surface area contributed by atoms with Crippen LogP contribution in [0.5, 0.6) is 5.75 Å². The van der Waals surface area contributed by atoms with E-state index in [2.05, 4.69) is 11.9 Å². The Labute approximate surface area is 111 Å². The number of methoxy groups -OCH3 is 1. The second-order valence-electron chi connectivity index (χ2n) is 5.11. The van der Waals surface area contributed by atoms with Crippen molar-refractivity contribution in [3.05, 3.63) is 28.4 Å². The predicted octanol–water partition coefficient (Wildman–Crippen LogP) is 3.13. The summed E-state index contributed by atoms with van der Waals surface area (Å²) < 4.78 is 5.40. The van der Waals surface area contributed by atoms with Crippen LogP contribution in [0.2, 0.25) is 5.02 Å². The number of fused-ring (bicyclic) bond motifs is 1. The van der Waals surface area contributed by atoms with Crippen LogP contribution in [-0.2, 0) is 5.41 Å². The highest BCUT2D eigenvalue weighted by Crippen LogP contribution is 2.52. The van der Waals surface area contributed by atoms with Gasteiger partial charge >= 0.3 is 0 Å². The molecule has 0 atom stereocenters. The molecule has 0 unspecified atom stereocenters. The molecule has 1 aliphatic carbocycles. The number of ether oxygens (including phenoxy) is 1. The van der Waals surface area contributed by atoms with Crippen LogP contribution < -0.4 is 10.5 Å². The molecular weight excluding hydrogens is 248 g/mol. The van der Waals surface area contributed by atoms with Crippen molar-refractivity contribution in [3.8, 4) is 5.75 Å². The Hall–Kier alpha value is -1.19. The summed E-state index contributed by atoms with van der Waals surface area (Å²) in [6, 6.07) is 3.79. The molecule has 3 rings (SSSR count). The predicted molar refractivity (Wildman–Crippen MR) is 74.6 cm³/mol. The third-order valence-corrected chi connectivity index (χ3v) is 4.36. The lowest BCUT2D eigenvalue weighted by Gasteiger charge is -2.14. The zero-order chi connectivity index (χ0) is 12.9. The van der Waals surface area contributed by atoms with E-state index < -0.39 is 0 Å². The summed E-state index contributed by atoms with van der Waals surface area (Å²) in [5.74, 6) is 0.830. The molecule has 0 spiro atoms. The van der Waals surface area contributed by atoms with E-state index in [1.54, 1.807) is 7.11 Å². The maximum atomic E-state index is 6.38. The molecule has 3 N–H and O–H groups in total. The zero-order valence-electron chi connectivity index (χ0n) is 10.6. The van der Waals surface area contributed by atoms with Crippen LogP contribution in [0, 0.1) is 6.92 Å². The first-order chi connectivity index (χ1) is 8.63. The molecule has 2 aromatic rings. The van der Waals surface area contributed by atoms with E-state index in [0.717, 1.165) is 40.2 Å². The van der Waals surface area contributed by atoms with E-state index in [1.807, 2.05) is 12.1 Å². The zero-order valence-corrected chi connectivity index (χ0v) is 11.4. The van der Waals surface area contributed by atoms with E-state index in [1.165, 1.54) is 5.56 Å². The first-order valence-electron chi connectivity index (χ1n) is 6.18. The fourth-order valence-corrected chi connectivity index (χ4v) is 3.16. The Morgan fingerprint density at radius 3 is 2.72 bits per heavy atom. The van der Waals surface area contributed by atoms with E-state index in [-0.39, 0.29) is 5.41 Å². The number of aryl methyl sites for hydroxylation is 1. The number of rotatable bonds is 3. The highest BCUT2D eigenvalue weighted by molar-refractivity contribution is 6.36. The molecule has 0 radical (unpaired) electrons. The van der Waals surface area contributed by atoms with Gasteiger partial charge in [-0.25, -0.2) is 0 Å². The number of nitrogens with one attached hydrogen (secondary N) is 1. The van der Waals surface area contributed by atoms with E-state index in [4.69, 9.17) is 22.1 Å². The lowest BCUT2D eigenvalue weighted by molar-refractivity contribution is 0.419. The van der Waals surface area contributed by atoms with Gasteiger partial charge in [0.1, 0.15) is 5.75 Å². The quantitative estimate of drug-likeness (QED) is 0.895. The van der Waals surface area contributed by atoms with Crippen molar-refractivity contribution in [3.63, 3.8) is 0 Å². The number of H-pyrrole nitrogens is 1. The van der Waals surface area contributed by atoms with Gasteiger partial charge in [0.2, 0.25) is 0 Å². The topological polar surface area (TPSA) is 51.0 Å². The molecule has 1 aromatic carbocycles. The van der Waals surface area contributed by atoms with Gasteiger partial charge in [-0.1, -0.05) is 11.6 Å². The molecular formula is C14H17ClN2O. The van der Waals surface area contributed by atoms with Gasteiger partial charge in [0.05, 0.1) is 17.6 Å². The van der Waals surface area contributed by atoms with Gasteiger partial charge in [-0.2, -0.15) is 0 Å². The van der Waals surface area contributed by atoms with Crippen LogP contribution in [0.4, 0.5) is 0 Å². The maximum Gasteiger partial charge on any atom is 0.143 e. The lowest BCUT2D eigenvalue weighted by Crippen LogP contribution is -2.20. The average molecular weight is 265 g/mol. The van der Waals surface area contributed by atoms with Gasteiger partial charge in [0, 0.05) is 23.0 Å². The Morgan fingerprint density at radius 2 is 2.17 bits per heavy atom. The number of aromatic amines is 1. The van der Waals surface area contributed by atoms with Gasteiger partial charge in [-0.05, 0) is 37.5 Å². The van der Waals surface area contributed by atoms with Crippen molar-refractivity contribution >= 4 is 22.5 Å². The Kier molecular flexibility index (Phi) is 2.57. The third kappa shape index (κ3) is 1.47. The minimum Gasteiger partial charge on any atom is -0.495 e. The largest absolute Gasteiger partial charge is 0.495 e. The summed E-state index contributed by atoms with van der Waals surface area (Å²) in [6.45, 7) is 2.76. The second kappa shape index (κ2) is 3.90. The third-order valence-electron chi connectivity index (χ3n) is 4.05. The molecule has 0 saturated heterocycles. The van der Waals surface area contributed by atoms with Gasteiger partial charge in [0.25, 0.3) is 0 Å². The molecule has 18 heavy (non-hydrogen) atoms. The Balaban J connectivity index is 2.35. The number of hydrogen-bond acceptors (Lipinski definition) is 2. The minimum absolute atomic E-state index is 0.123. The lowest BCUT2D eigenvalue weighted by atomic mass is 9.93. The van der Waals surface area contributed by atoms with Gasteiger partial charge in [-0.3, -0.25) is 0 Å². The van der Waals surface area contributed by atoms with E-state index >= 15 is 0 Å². The molecule has 1 heterocycles. The van der Waals surface area contributed by atoms with Crippen LogP contribution in [0.15, 0.2) is 12.1 Å². The highest BCUT2D eigenvalue weighted by atomic mass is 35.5. The first-order valence-corrected chi connectivity index (χ1v) is 6.56. The summed E-state index contributed by atoms with van der Waals surface area (Å²) in [5, 5.41) is 1.85. The van der Waals surface area contributed by atoms with Crippen LogP contribution in [-0.4, -0.2) is 18.6 Å². The molecule has 3 nitrogen and oxygen atoms in total. The maximum absolute atomic E-state index is 6.38. The van der Waals surface area contributed by atoms with Crippen LogP contribution in [0.3, 0.4) is 0 Å². The van der Waals surface area contributed by atoms with Gasteiger partial charge in [0.15, 0.2) is 0 Å². The van der Waals surface area contributed by atoms with Crippen molar-refractivity contribution in [2.75, 3.05) is 13.7 Å². The number of nitrogens with two attached hydrogens (primary N) is 1. The van der Waals surface area contributed by atoms with Crippen molar-refractivity contribution in [2.45, 2.75) is 25.2 Å². The van der Waals surface area contributed by atoms with Crippen LogP contribution in [0.1, 0.15) is 24.1 Å². The van der Waals surface area contributed by atoms with Crippen LogP contribution in [0.25, 0.3) is 10.9 Å². The summed E-state index contributed by atoms with van der Waals surface area (Å²) in [4.78, 5) is 3.40. The normalized spacial score (nSPS) is 17.1. The summed E-state index contributed by atoms with van der Waals surface area (Å²) in [7, 11) is 1.67. The van der Waals surface area contributed by atoms with Crippen molar-refractivity contribution in [1.82, 2.24) is 4.98 Å². The van der Waals surface area contributed by atoms with E-state index in [0.29, 0.717) is 6.54 Å². The van der Waals surface area contributed by atoms with Crippen molar-refractivity contribution < 1.29 is 4.74 Å². The Bertz CT molecular complexity index is 614. The fourth-order valence-electron chi connectivity index (χ4n) is 2.90. The minimum atomic E-state index is 0.123. The SMILES string of the molecule is COc1ccc(Cl)c2c(C3(CN)CC3)c(C)[nH]c12. The van der Waals surface area contributed by atoms with Gasteiger partial charge in [-0.15, -0.1) is 0 Å². The van der Waals surface area contributed by atoms with Crippen molar-refractivity contribution in [2.24, 2.45) is 5.73 Å². The summed E-state index contributed by atoms with van der Waals surface area (Å²) in [6.07, 6.45) is 2.29. The number of halogens is 1. The molecule has 96 valence electrons. The van der Waals surface area contributed by atoms with Crippen molar-refractivity contribution in [1.29, 1.82) is 0 Å². The van der Waals surface area contributed by atoms with Gasteiger partial charge < -0.3 is 15.5 Å². The number of aromatic nitrogens is 1. The molecule has 1 fully saturated rings. The number of hydrogen-bond donors (Lipinski definition) is 2. The Morgan fingerprint density at radius 1 is 1.44 bits per heavy atom. The molecule has 1 aliphatic rings. The summed E-state index contributed by atoms with van der Waals surface area (Å²) in [5.41, 5.74) is 9.49. The summed E-state index contributed by atoms with van der Waals surface area (Å²) >= 11 is 6.38. The smallest absolute Gasteiger partial charge is 0.143 e. The average Bonchev–Trinajstić information content (AvgIpc) is 3.07. The highest BCUT2D eigenvalue weighted by Gasteiger charge is 2.46. The molecule has 0 amide bonds. The second-order valence-corrected chi connectivity index (χ2v) is 5.52. The van der Waals surface area contributed by atoms with Crippen LogP contribution >= 0.6 is 11.6 Å². The molecule has 0 aliphatic heterocycles. The first kappa shape index (κ1) is 11.9. The van der Waals surface area contributed by atoms with E-state index in [9.17, 15) is 0 Å². The molecule has 1 saturated carbocycles. The monoisotopic (exact) mass is 264 g/mol. The molecule has 0 bridgehead atoms. The molecule has 1 aromatic heterocycles.